The normalized spacial score (nSPS) is 30.4. The highest BCUT2D eigenvalue weighted by molar-refractivity contribution is 7.86. The van der Waals surface area contributed by atoms with E-state index in [1.165, 1.54) is 0 Å². The van der Waals surface area contributed by atoms with Crippen LogP contribution in [0.4, 0.5) is 4.79 Å². The molecule has 2 aliphatic rings. The molecule has 6 nitrogen and oxygen atoms in total. The van der Waals surface area contributed by atoms with E-state index in [1.54, 1.807) is 4.90 Å². The van der Waals surface area contributed by atoms with Crippen molar-refractivity contribution in [3.8, 4) is 0 Å². The van der Waals surface area contributed by atoms with Gasteiger partial charge in [-0.05, 0) is 46.5 Å². The third-order valence-electron chi connectivity index (χ3n) is 3.61. The van der Waals surface area contributed by atoms with Crippen molar-refractivity contribution in [3.63, 3.8) is 0 Å². The third-order valence-corrected chi connectivity index (χ3v) is 4.23. The monoisotopic (exact) mass is 305 g/mol. The van der Waals surface area contributed by atoms with Crippen LogP contribution in [0, 0.1) is 0 Å². The molecule has 0 radical (unpaired) electrons. The molecule has 0 aromatic carbocycles. The van der Waals surface area contributed by atoms with Crippen LogP contribution in [0.1, 0.15) is 46.5 Å². The van der Waals surface area contributed by atoms with Crippen LogP contribution in [0.25, 0.3) is 0 Å². The summed E-state index contributed by atoms with van der Waals surface area (Å²) in [6.07, 6.45) is 3.32. The minimum atomic E-state index is -3.44. The zero-order valence-corrected chi connectivity index (χ0v) is 13.3. The molecule has 2 bridgehead atoms. The maximum Gasteiger partial charge on any atom is 0.410 e. The lowest BCUT2D eigenvalue weighted by Crippen LogP contribution is -2.50. The van der Waals surface area contributed by atoms with Gasteiger partial charge in [-0.1, -0.05) is 0 Å². The van der Waals surface area contributed by atoms with Gasteiger partial charge in [0.15, 0.2) is 0 Å². The first-order chi connectivity index (χ1) is 9.05. The molecule has 2 atom stereocenters. The number of rotatable bonds is 2. The van der Waals surface area contributed by atoms with E-state index >= 15 is 0 Å². The van der Waals surface area contributed by atoms with E-state index in [2.05, 4.69) is 0 Å². The number of ether oxygens (including phenoxy) is 1. The Hall–Kier alpha value is -0.820. The van der Waals surface area contributed by atoms with Gasteiger partial charge in [0.05, 0.1) is 12.4 Å². The number of nitrogens with zero attached hydrogens (tertiary/aromatic N) is 1. The number of hydrogen-bond donors (Lipinski definition) is 0. The van der Waals surface area contributed by atoms with Crippen molar-refractivity contribution >= 4 is 16.2 Å². The van der Waals surface area contributed by atoms with Crippen molar-refractivity contribution in [2.45, 2.75) is 70.2 Å². The van der Waals surface area contributed by atoms with Crippen LogP contribution in [-0.4, -0.2) is 49.5 Å². The summed E-state index contributed by atoms with van der Waals surface area (Å²) in [6, 6.07) is 0.0469. The molecule has 1 amide bonds. The second-order valence-electron chi connectivity index (χ2n) is 6.67. The molecule has 7 heteroatoms. The Morgan fingerprint density at radius 1 is 1.15 bits per heavy atom. The number of carbonyl (C=O) groups excluding carboxylic acids is 1. The molecule has 0 N–H and O–H groups in total. The second kappa shape index (κ2) is 5.18. The van der Waals surface area contributed by atoms with E-state index < -0.39 is 15.7 Å². The summed E-state index contributed by atoms with van der Waals surface area (Å²) < 4.78 is 32.9. The van der Waals surface area contributed by atoms with Gasteiger partial charge in [-0.2, -0.15) is 8.42 Å². The van der Waals surface area contributed by atoms with Crippen molar-refractivity contribution in [3.05, 3.63) is 0 Å². The lowest BCUT2D eigenvalue weighted by Gasteiger charge is -2.38. The zero-order chi connectivity index (χ0) is 15.1. The molecule has 116 valence electrons. The molecule has 2 aliphatic heterocycles. The van der Waals surface area contributed by atoms with Crippen LogP contribution in [0.15, 0.2) is 0 Å². The van der Waals surface area contributed by atoms with E-state index in [-0.39, 0.29) is 24.3 Å². The number of hydrogen-bond acceptors (Lipinski definition) is 5. The third kappa shape index (κ3) is 3.85. The first-order valence-corrected chi connectivity index (χ1v) is 8.76. The van der Waals surface area contributed by atoms with Gasteiger partial charge in [0.1, 0.15) is 5.60 Å². The molecular formula is C13H23NO5S. The Labute approximate surface area is 120 Å². The summed E-state index contributed by atoms with van der Waals surface area (Å²) in [5.41, 5.74) is -0.517. The van der Waals surface area contributed by atoms with E-state index in [0.29, 0.717) is 12.8 Å². The summed E-state index contributed by atoms with van der Waals surface area (Å²) in [6.45, 7) is 5.52. The minimum absolute atomic E-state index is 0.0235. The van der Waals surface area contributed by atoms with Crippen LogP contribution in [0.2, 0.25) is 0 Å². The average molecular weight is 305 g/mol. The van der Waals surface area contributed by atoms with Gasteiger partial charge in [0.25, 0.3) is 10.1 Å². The number of carbonyl (C=O) groups is 1. The SMILES string of the molecule is CC(C)(C)OC(=O)N1C2CCC1CC(OS(C)(=O)=O)C2. The molecule has 0 spiro atoms. The molecule has 2 saturated heterocycles. The zero-order valence-electron chi connectivity index (χ0n) is 12.5. The smallest absolute Gasteiger partial charge is 0.410 e. The lowest BCUT2D eigenvalue weighted by molar-refractivity contribution is -0.00599. The standard InChI is InChI=1S/C13H23NO5S/c1-13(2,3)18-12(15)14-9-5-6-10(14)8-11(7-9)19-20(4,16)17/h9-11H,5-8H2,1-4H3. The Kier molecular flexibility index (Phi) is 4.03. The van der Waals surface area contributed by atoms with Gasteiger partial charge in [0, 0.05) is 12.1 Å². The Morgan fingerprint density at radius 2 is 1.65 bits per heavy atom. The summed E-state index contributed by atoms with van der Waals surface area (Å²) in [7, 11) is -3.44. The first-order valence-electron chi connectivity index (χ1n) is 6.95. The highest BCUT2D eigenvalue weighted by atomic mass is 32.2. The largest absolute Gasteiger partial charge is 0.444 e. The van der Waals surface area contributed by atoms with Crippen LogP contribution in [-0.2, 0) is 19.0 Å². The highest BCUT2D eigenvalue weighted by Crippen LogP contribution is 2.38. The quantitative estimate of drug-likeness (QED) is 0.728. The molecule has 0 aromatic rings. The van der Waals surface area contributed by atoms with E-state index in [0.717, 1.165) is 19.1 Å². The molecule has 0 aliphatic carbocycles. The van der Waals surface area contributed by atoms with Crippen molar-refractivity contribution in [1.82, 2.24) is 4.90 Å². The fraction of sp³-hybridized carbons (Fsp3) is 0.923. The van der Waals surface area contributed by atoms with Crippen molar-refractivity contribution in [2.75, 3.05) is 6.26 Å². The molecular weight excluding hydrogens is 282 g/mol. The predicted molar refractivity (Wildman–Crippen MR) is 73.8 cm³/mol. The van der Waals surface area contributed by atoms with Gasteiger partial charge in [-0.3, -0.25) is 4.18 Å². The van der Waals surface area contributed by atoms with Crippen LogP contribution in [0.5, 0.6) is 0 Å². The Morgan fingerprint density at radius 3 is 2.05 bits per heavy atom. The van der Waals surface area contributed by atoms with Crippen molar-refractivity contribution in [2.24, 2.45) is 0 Å². The number of piperidine rings is 1. The van der Waals surface area contributed by atoms with Crippen LogP contribution >= 0.6 is 0 Å². The van der Waals surface area contributed by atoms with Gasteiger partial charge in [0.2, 0.25) is 0 Å². The molecule has 2 fully saturated rings. The molecule has 2 rings (SSSR count). The van der Waals surface area contributed by atoms with Gasteiger partial charge in [-0.25, -0.2) is 4.79 Å². The van der Waals surface area contributed by atoms with Crippen molar-refractivity contribution < 1.29 is 22.1 Å². The lowest BCUT2D eigenvalue weighted by atomic mass is 10.0. The molecule has 2 heterocycles. The van der Waals surface area contributed by atoms with E-state index in [4.69, 9.17) is 8.92 Å². The topological polar surface area (TPSA) is 72.9 Å². The van der Waals surface area contributed by atoms with Crippen LogP contribution < -0.4 is 0 Å². The van der Waals surface area contributed by atoms with Gasteiger partial charge < -0.3 is 9.64 Å². The average Bonchev–Trinajstić information content (AvgIpc) is 2.46. The second-order valence-corrected chi connectivity index (χ2v) is 8.27. The van der Waals surface area contributed by atoms with Crippen molar-refractivity contribution in [1.29, 1.82) is 0 Å². The summed E-state index contributed by atoms with van der Waals surface area (Å²) in [5.74, 6) is 0. The van der Waals surface area contributed by atoms with E-state index in [9.17, 15) is 13.2 Å². The summed E-state index contributed by atoms with van der Waals surface area (Å²) in [4.78, 5) is 14.0. The fourth-order valence-electron chi connectivity index (χ4n) is 3.07. The first kappa shape index (κ1) is 15.6. The fourth-order valence-corrected chi connectivity index (χ4v) is 3.72. The summed E-state index contributed by atoms with van der Waals surface area (Å²) in [5, 5.41) is 0. The predicted octanol–water partition coefficient (Wildman–Crippen LogP) is 1.89. The molecule has 0 saturated carbocycles. The molecule has 0 aromatic heterocycles. The minimum Gasteiger partial charge on any atom is -0.444 e. The van der Waals surface area contributed by atoms with Gasteiger partial charge in [-0.15, -0.1) is 0 Å². The molecule has 20 heavy (non-hydrogen) atoms. The number of fused-ring (bicyclic) bond motifs is 2. The van der Waals surface area contributed by atoms with E-state index in [1.807, 2.05) is 20.8 Å². The Balaban J connectivity index is 2.02. The van der Waals surface area contributed by atoms with Gasteiger partial charge >= 0.3 is 6.09 Å². The number of amides is 1. The summed E-state index contributed by atoms with van der Waals surface area (Å²) >= 11 is 0. The maximum absolute atomic E-state index is 12.2. The Bertz CT molecular complexity index is 467. The van der Waals surface area contributed by atoms with Crippen LogP contribution in [0.3, 0.4) is 0 Å². The maximum atomic E-state index is 12.2. The highest BCUT2D eigenvalue weighted by Gasteiger charge is 2.45. The molecule has 2 unspecified atom stereocenters.